The van der Waals surface area contributed by atoms with Gasteiger partial charge in [-0.2, -0.15) is 0 Å². The van der Waals surface area contributed by atoms with Gasteiger partial charge in [0.05, 0.1) is 11.1 Å². The maximum atomic E-state index is 13.3. The summed E-state index contributed by atoms with van der Waals surface area (Å²) in [6, 6.07) is 10.7. The second-order valence-corrected chi connectivity index (χ2v) is 8.16. The number of carbonyl (C=O) groups is 2. The molecular formula is C21H16BrClFNO4S. The minimum atomic E-state index is -0.574. The third kappa shape index (κ3) is 5.38. The molecule has 0 saturated carbocycles. The zero-order chi connectivity index (χ0) is 21.7. The topological polar surface area (TPSA) is 64.6 Å². The number of esters is 1. The SMILES string of the molecule is CCOC(=O)c1c(-c2ccc(F)cc2)csc1NC(=O)COc1ccc(Cl)cc1Br. The number of ether oxygens (including phenoxy) is 2. The van der Waals surface area contributed by atoms with Gasteiger partial charge < -0.3 is 14.8 Å². The predicted octanol–water partition coefficient (Wildman–Crippen LogP) is 6.16. The molecule has 1 N–H and O–H groups in total. The first-order chi connectivity index (χ1) is 14.4. The van der Waals surface area contributed by atoms with Crippen LogP contribution in [0.1, 0.15) is 17.3 Å². The van der Waals surface area contributed by atoms with Crippen LogP contribution in [0.2, 0.25) is 5.02 Å². The van der Waals surface area contributed by atoms with E-state index >= 15 is 0 Å². The number of nitrogens with one attached hydrogen (secondary N) is 1. The lowest BCUT2D eigenvalue weighted by Gasteiger charge is -2.10. The van der Waals surface area contributed by atoms with Gasteiger partial charge in [-0.05, 0) is 58.7 Å². The van der Waals surface area contributed by atoms with Gasteiger partial charge in [0.2, 0.25) is 0 Å². The summed E-state index contributed by atoms with van der Waals surface area (Å²) in [5, 5.41) is 5.27. The molecule has 30 heavy (non-hydrogen) atoms. The highest BCUT2D eigenvalue weighted by Crippen LogP contribution is 2.36. The van der Waals surface area contributed by atoms with E-state index in [0.717, 1.165) is 0 Å². The number of halogens is 3. The molecule has 0 aliphatic heterocycles. The highest BCUT2D eigenvalue weighted by molar-refractivity contribution is 9.10. The quantitative estimate of drug-likeness (QED) is 0.385. The molecule has 2 aromatic carbocycles. The summed E-state index contributed by atoms with van der Waals surface area (Å²) < 4.78 is 24.5. The summed E-state index contributed by atoms with van der Waals surface area (Å²) in [4.78, 5) is 24.9. The van der Waals surface area contributed by atoms with Crippen LogP contribution in [-0.2, 0) is 9.53 Å². The molecule has 3 rings (SSSR count). The summed E-state index contributed by atoms with van der Waals surface area (Å²) in [7, 11) is 0. The zero-order valence-electron chi connectivity index (χ0n) is 15.7. The molecule has 0 aliphatic rings. The number of benzene rings is 2. The van der Waals surface area contributed by atoms with Crippen LogP contribution in [0.3, 0.4) is 0 Å². The number of hydrogen-bond acceptors (Lipinski definition) is 5. The van der Waals surface area contributed by atoms with Crippen molar-refractivity contribution < 1.29 is 23.5 Å². The molecule has 0 atom stereocenters. The van der Waals surface area contributed by atoms with Crippen molar-refractivity contribution >= 4 is 55.7 Å². The van der Waals surface area contributed by atoms with Crippen molar-refractivity contribution in [3.8, 4) is 16.9 Å². The van der Waals surface area contributed by atoms with Gasteiger partial charge in [0.25, 0.3) is 5.91 Å². The number of thiophene rings is 1. The molecule has 1 aromatic heterocycles. The van der Waals surface area contributed by atoms with Gasteiger partial charge in [-0.15, -0.1) is 11.3 Å². The lowest BCUT2D eigenvalue weighted by atomic mass is 10.0. The molecule has 0 unspecified atom stereocenters. The largest absolute Gasteiger partial charge is 0.483 e. The molecule has 3 aromatic rings. The number of hydrogen-bond donors (Lipinski definition) is 1. The first-order valence-electron chi connectivity index (χ1n) is 8.81. The Hall–Kier alpha value is -2.42. The van der Waals surface area contributed by atoms with E-state index < -0.39 is 11.9 Å². The average Bonchev–Trinajstić information content (AvgIpc) is 3.11. The monoisotopic (exact) mass is 511 g/mol. The van der Waals surface area contributed by atoms with Crippen molar-refractivity contribution in [3.63, 3.8) is 0 Å². The van der Waals surface area contributed by atoms with Crippen molar-refractivity contribution in [1.82, 2.24) is 0 Å². The Kier molecular flexibility index (Phi) is 7.47. The van der Waals surface area contributed by atoms with Crippen molar-refractivity contribution in [3.05, 3.63) is 68.7 Å². The van der Waals surface area contributed by atoms with Crippen LogP contribution < -0.4 is 10.1 Å². The highest BCUT2D eigenvalue weighted by atomic mass is 79.9. The second kappa shape index (κ2) is 10.1. The van der Waals surface area contributed by atoms with Crippen LogP contribution in [0.25, 0.3) is 11.1 Å². The second-order valence-electron chi connectivity index (χ2n) is 5.99. The van der Waals surface area contributed by atoms with E-state index in [1.807, 2.05) is 0 Å². The first-order valence-corrected chi connectivity index (χ1v) is 10.9. The number of anilines is 1. The number of carbonyl (C=O) groups excluding carboxylic acids is 2. The van der Waals surface area contributed by atoms with Gasteiger partial charge >= 0.3 is 5.97 Å². The van der Waals surface area contributed by atoms with Gasteiger partial charge in [0.1, 0.15) is 22.1 Å². The van der Waals surface area contributed by atoms with Crippen molar-refractivity contribution in [2.45, 2.75) is 6.92 Å². The Morgan fingerprint density at radius 1 is 1.20 bits per heavy atom. The summed E-state index contributed by atoms with van der Waals surface area (Å²) in [5.74, 6) is -0.950. The van der Waals surface area contributed by atoms with Gasteiger partial charge in [-0.1, -0.05) is 23.7 Å². The van der Waals surface area contributed by atoms with Crippen LogP contribution in [0.4, 0.5) is 9.39 Å². The average molecular weight is 513 g/mol. The van der Waals surface area contributed by atoms with E-state index in [1.54, 1.807) is 42.6 Å². The lowest BCUT2D eigenvalue weighted by Crippen LogP contribution is -2.21. The third-order valence-electron chi connectivity index (χ3n) is 3.93. The molecule has 0 saturated heterocycles. The van der Waals surface area contributed by atoms with E-state index in [0.29, 0.717) is 31.4 Å². The summed E-state index contributed by atoms with van der Waals surface area (Å²) in [6.45, 7) is 1.60. The molecule has 0 fully saturated rings. The lowest BCUT2D eigenvalue weighted by molar-refractivity contribution is -0.118. The van der Waals surface area contributed by atoms with Crippen molar-refractivity contribution in [2.24, 2.45) is 0 Å². The molecule has 0 bridgehead atoms. The van der Waals surface area contributed by atoms with Crippen LogP contribution in [-0.4, -0.2) is 25.1 Å². The highest BCUT2D eigenvalue weighted by Gasteiger charge is 2.23. The summed E-state index contributed by atoms with van der Waals surface area (Å²) >= 11 is 10.4. The Balaban J connectivity index is 1.79. The Morgan fingerprint density at radius 3 is 2.60 bits per heavy atom. The van der Waals surface area contributed by atoms with E-state index in [2.05, 4.69) is 21.2 Å². The molecule has 1 heterocycles. The van der Waals surface area contributed by atoms with E-state index in [4.69, 9.17) is 21.1 Å². The van der Waals surface area contributed by atoms with Crippen molar-refractivity contribution in [2.75, 3.05) is 18.5 Å². The van der Waals surface area contributed by atoms with E-state index in [1.165, 1.54) is 23.5 Å². The standard InChI is InChI=1S/C21H16BrClFNO4S/c1-2-28-21(27)19-15(12-3-6-14(24)7-4-12)11-30-20(19)25-18(26)10-29-17-8-5-13(23)9-16(17)22/h3-9,11H,2,10H2,1H3,(H,25,26). The Bertz CT molecular complexity index is 1070. The molecular weight excluding hydrogens is 497 g/mol. The van der Waals surface area contributed by atoms with E-state index in [-0.39, 0.29) is 24.6 Å². The van der Waals surface area contributed by atoms with Crippen molar-refractivity contribution in [1.29, 1.82) is 0 Å². The molecule has 5 nitrogen and oxygen atoms in total. The maximum absolute atomic E-state index is 13.3. The molecule has 0 radical (unpaired) electrons. The van der Waals surface area contributed by atoms with Crippen LogP contribution >= 0.6 is 38.9 Å². The molecule has 0 aliphatic carbocycles. The minimum Gasteiger partial charge on any atom is -0.483 e. The van der Waals surface area contributed by atoms with Crippen LogP contribution in [0.5, 0.6) is 5.75 Å². The number of amides is 1. The normalized spacial score (nSPS) is 10.5. The summed E-state index contributed by atoms with van der Waals surface area (Å²) in [6.07, 6.45) is 0. The molecule has 0 spiro atoms. The van der Waals surface area contributed by atoms with Gasteiger partial charge in [-0.25, -0.2) is 9.18 Å². The minimum absolute atomic E-state index is 0.179. The third-order valence-corrected chi connectivity index (χ3v) is 5.68. The molecule has 1 amide bonds. The zero-order valence-corrected chi connectivity index (χ0v) is 18.9. The Morgan fingerprint density at radius 2 is 1.93 bits per heavy atom. The fourth-order valence-electron chi connectivity index (χ4n) is 2.60. The maximum Gasteiger partial charge on any atom is 0.341 e. The van der Waals surface area contributed by atoms with E-state index in [9.17, 15) is 14.0 Å². The van der Waals surface area contributed by atoms with Crippen LogP contribution in [0.15, 0.2) is 52.3 Å². The molecule has 9 heteroatoms. The predicted molar refractivity (Wildman–Crippen MR) is 119 cm³/mol. The fourth-order valence-corrected chi connectivity index (χ4v) is 4.37. The molecule has 156 valence electrons. The van der Waals surface area contributed by atoms with Gasteiger partial charge in [0, 0.05) is 16.0 Å². The smallest absolute Gasteiger partial charge is 0.341 e. The number of rotatable bonds is 7. The van der Waals surface area contributed by atoms with Gasteiger partial charge in [0.15, 0.2) is 6.61 Å². The Labute approximate surface area is 189 Å². The van der Waals surface area contributed by atoms with Gasteiger partial charge in [-0.3, -0.25) is 4.79 Å². The first kappa shape index (κ1) is 22.3. The summed E-state index contributed by atoms with van der Waals surface area (Å²) in [5.41, 5.74) is 1.40. The fraction of sp³-hybridized carbons (Fsp3) is 0.143. The van der Waals surface area contributed by atoms with Crippen LogP contribution in [0, 0.1) is 5.82 Å².